The third-order valence-corrected chi connectivity index (χ3v) is 6.47. The molecule has 0 spiro atoms. The van der Waals surface area contributed by atoms with Gasteiger partial charge in [-0.3, -0.25) is 9.59 Å². The van der Waals surface area contributed by atoms with Crippen molar-refractivity contribution in [3.05, 3.63) is 107 Å². The summed E-state index contributed by atoms with van der Waals surface area (Å²) in [6.07, 6.45) is 0. The molecule has 162 valence electrons. The van der Waals surface area contributed by atoms with Gasteiger partial charge in [-0.25, -0.2) is 4.98 Å². The van der Waals surface area contributed by atoms with Gasteiger partial charge < -0.3 is 9.88 Å². The average Bonchev–Trinajstić information content (AvgIpc) is 2.82. The molecule has 6 heteroatoms. The van der Waals surface area contributed by atoms with Crippen molar-refractivity contribution in [1.82, 2.24) is 14.9 Å². The molecule has 1 amide bonds. The van der Waals surface area contributed by atoms with Gasteiger partial charge in [-0.2, -0.15) is 0 Å². The highest BCUT2D eigenvalue weighted by Gasteiger charge is 2.29. The molecule has 0 fully saturated rings. The van der Waals surface area contributed by atoms with Crippen molar-refractivity contribution in [3.63, 3.8) is 0 Å². The van der Waals surface area contributed by atoms with E-state index in [1.54, 1.807) is 11.0 Å². The number of thioether (sulfide) groups is 1. The van der Waals surface area contributed by atoms with E-state index >= 15 is 0 Å². The monoisotopic (exact) mass is 443 g/mol. The van der Waals surface area contributed by atoms with Crippen molar-refractivity contribution < 1.29 is 4.79 Å². The van der Waals surface area contributed by atoms with E-state index < -0.39 is 5.25 Å². The third kappa shape index (κ3) is 4.92. The number of H-pyrrole nitrogens is 1. The molecule has 5 nitrogen and oxygen atoms in total. The molecule has 3 aromatic carbocycles. The number of rotatable bonds is 7. The van der Waals surface area contributed by atoms with E-state index in [-0.39, 0.29) is 24.1 Å². The molecular weight excluding hydrogens is 418 g/mol. The molecule has 4 aromatic rings. The molecule has 0 aliphatic rings. The van der Waals surface area contributed by atoms with Crippen molar-refractivity contribution >= 4 is 28.6 Å². The number of aromatic nitrogens is 2. The summed E-state index contributed by atoms with van der Waals surface area (Å²) < 4.78 is 0. The van der Waals surface area contributed by atoms with Crippen LogP contribution in [0.2, 0.25) is 0 Å². The maximum atomic E-state index is 13.8. The molecular formula is C26H25N3O2S. The van der Waals surface area contributed by atoms with Gasteiger partial charge in [0.25, 0.3) is 5.56 Å². The maximum absolute atomic E-state index is 13.8. The van der Waals surface area contributed by atoms with Crippen molar-refractivity contribution in [3.8, 4) is 0 Å². The summed E-state index contributed by atoms with van der Waals surface area (Å²) in [5, 5.41) is 0.133. The van der Waals surface area contributed by atoms with Crippen LogP contribution in [0.25, 0.3) is 10.9 Å². The van der Waals surface area contributed by atoms with E-state index in [4.69, 9.17) is 0 Å². The summed E-state index contributed by atoms with van der Waals surface area (Å²) in [6.45, 7) is 4.19. The van der Waals surface area contributed by atoms with Crippen molar-refractivity contribution in [1.29, 1.82) is 0 Å². The summed E-state index contributed by atoms with van der Waals surface area (Å²) in [4.78, 5) is 36.6. The molecule has 0 radical (unpaired) electrons. The van der Waals surface area contributed by atoms with Gasteiger partial charge in [0.05, 0.1) is 17.4 Å². The standard InChI is InChI=1S/C26H25N3O2S/c1-18(2)29(17-23-27-22-16-10-9-15-21(22)25(30)28-23)26(31)24(19-11-5-3-6-12-19)32-20-13-7-4-8-14-20/h3-16,18,24H,17H2,1-2H3,(H,27,28,30). The number of benzene rings is 3. The minimum Gasteiger partial charge on any atom is -0.332 e. The second-order valence-electron chi connectivity index (χ2n) is 7.81. The van der Waals surface area contributed by atoms with Crippen LogP contribution in [0.5, 0.6) is 0 Å². The van der Waals surface area contributed by atoms with Crippen LogP contribution in [-0.2, 0) is 11.3 Å². The summed E-state index contributed by atoms with van der Waals surface area (Å²) in [5.41, 5.74) is 1.37. The van der Waals surface area contributed by atoms with E-state index in [9.17, 15) is 9.59 Å². The van der Waals surface area contributed by atoms with Crippen LogP contribution in [0.4, 0.5) is 0 Å². The van der Waals surface area contributed by atoms with Crippen LogP contribution in [0.3, 0.4) is 0 Å². The van der Waals surface area contributed by atoms with Gasteiger partial charge in [0.15, 0.2) is 0 Å². The summed E-state index contributed by atoms with van der Waals surface area (Å²) in [5.74, 6) is 0.461. The highest BCUT2D eigenvalue weighted by molar-refractivity contribution is 8.00. The van der Waals surface area contributed by atoms with E-state index in [1.165, 1.54) is 11.8 Å². The van der Waals surface area contributed by atoms with Crippen LogP contribution in [0.15, 0.2) is 94.6 Å². The van der Waals surface area contributed by atoms with E-state index in [2.05, 4.69) is 9.97 Å². The fourth-order valence-electron chi connectivity index (χ4n) is 3.56. The van der Waals surface area contributed by atoms with Gasteiger partial charge >= 0.3 is 0 Å². The van der Waals surface area contributed by atoms with Gasteiger partial charge in [-0.15, -0.1) is 11.8 Å². The molecule has 1 heterocycles. The van der Waals surface area contributed by atoms with Gasteiger partial charge in [0.1, 0.15) is 11.1 Å². The minimum atomic E-state index is -0.409. The number of carbonyl (C=O) groups is 1. The largest absolute Gasteiger partial charge is 0.332 e. The number of nitrogens with one attached hydrogen (secondary N) is 1. The zero-order valence-electron chi connectivity index (χ0n) is 18.1. The molecule has 32 heavy (non-hydrogen) atoms. The molecule has 4 rings (SSSR count). The minimum absolute atomic E-state index is 0.0177. The Kier molecular flexibility index (Phi) is 6.71. The quantitative estimate of drug-likeness (QED) is 0.399. The van der Waals surface area contributed by atoms with Crippen molar-refractivity contribution in [2.24, 2.45) is 0 Å². The molecule has 0 aliphatic heterocycles. The van der Waals surface area contributed by atoms with Crippen molar-refractivity contribution in [2.45, 2.75) is 36.6 Å². The molecule has 1 atom stereocenters. The predicted octanol–water partition coefficient (Wildman–Crippen LogP) is 5.19. The second kappa shape index (κ2) is 9.83. The lowest BCUT2D eigenvalue weighted by Gasteiger charge is -2.30. The van der Waals surface area contributed by atoms with Crippen molar-refractivity contribution in [2.75, 3.05) is 0 Å². The average molecular weight is 444 g/mol. The maximum Gasteiger partial charge on any atom is 0.258 e. The highest BCUT2D eigenvalue weighted by Crippen LogP contribution is 2.37. The molecule has 0 bridgehead atoms. The summed E-state index contributed by atoms with van der Waals surface area (Å²) in [7, 11) is 0. The Morgan fingerprint density at radius 2 is 1.56 bits per heavy atom. The smallest absolute Gasteiger partial charge is 0.258 e. The van der Waals surface area contributed by atoms with Gasteiger partial charge in [-0.05, 0) is 43.7 Å². The normalized spacial score (nSPS) is 12.1. The number of carbonyl (C=O) groups excluding carboxylic acids is 1. The Labute approximate surface area is 191 Å². The number of amides is 1. The van der Waals surface area contributed by atoms with Gasteiger partial charge in [0, 0.05) is 10.9 Å². The summed E-state index contributed by atoms with van der Waals surface area (Å²) >= 11 is 1.53. The van der Waals surface area contributed by atoms with E-state index in [0.717, 1.165) is 10.5 Å². The Balaban J connectivity index is 1.67. The Morgan fingerprint density at radius 3 is 2.25 bits per heavy atom. The lowest BCUT2D eigenvalue weighted by atomic mass is 10.1. The number of aromatic amines is 1. The zero-order chi connectivity index (χ0) is 22.5. The first kappa shape index (κ1) is 21.8. The van der Waals surface area contributed by atoms with Crippen LogP contribution in [0, 0.1) is 0 Å². The SMILES string of the molecule is CC(C)N(Cc1nc2ccccc2c(=O)[nH]1)C(=O)C(Sc1ccccc1)c1ccccc1. The van der Waals surface area contributed by atoms with E-state index in [0.29, 0.717) is 16.7 Å². The Morgan fingerprint density at radius 1 is 0.938 bits per heavy atom. The number of hydrogen-bond acceptors (Lipinski definition) is 4. The molecule has 0 saturated heterocycles. The van der Waals surface area contributed by atoms with Crippen LogP contribution < -0.4 is 5.56 Å². The number of fused-ring (bicyclic) bond motifs is 1. The number of hydrogen-bond donors (Lipinski definition) is 1. The Bertz CT molecular complexity index is 1260. The third-order valence-electron chi connectivity index (χ3n) is 5.21. The number of para-hydroxylation sites is 1. The molecule has 1 unspecified atom stereocenters. The van der Waals surface area contributed by atoms with Gasteiger partial charge in [-0.1, -0.05) is 60.7 Å². The first-order valence-electron chi connectivity index (χ1n) is 10.6. The Hall–Kier alpha value is -3.38. The fraction of sp³-hybridized carbons (Fsp3) is 0.192. The molecule has 1 N–H and O–H groups in total. The van der Waals surface area contributed by atoms with Gasteiger partial charge in [0.2, 0.25) is 5.91 Å². The molecule has 1 aromatic heterocycles. The van der Waals surface area contributed by atoms with E-state index in [1.807, 2.05) is 92.7 Å². The first-order chi connectivity index (χ1) is 15.5. The molecule has 0 aliphatic carbocycles. The molecule has 0 saturated carbocycles. The van der Waals surface area contributed by atoms with Crippen LogP contribution in [0.1, 0.15) is 30.5 Å². The lowest BCUT2D eigenvalue weighted by molar-refractivity contribution is -0.133. The van der Waals surface area contributed by atoms with Crippen LogP contribution >= 0.6 is 11.8 Å². The highest BCUT2D eigenvalue weighted by atomic mass is 32.2. The lowest BCUT2D eigenvalue weighted by Crippen LogP contribution is -2.39. The summed E-state index contributed by atoms with van der Waals surface area (Å²) in [6, 6.07) is 26.9. The second-order valence-corrected chi connectivity index (χ2v) is 8.99. The zero-order valence-corrected chi connectivity index (χ0v) is 18.9. The predicted molar refractivity (Wildman–Crippen MR) is 130 cm³/mol. The topological polar surface area (TPSA) is 66.1 Å². The fourth-order valence-corrected chi connectivity index (χ4v) is 4.68. The van der Waals surface area contributed by atoms with Crippen LogP contribution in [-0.4, -0.2) is 26.8 Å². The first-order valence-corrected chi connectivity index (χ1v) is 11.5. The number of nitrogens with zero attached hydrogens (tertiary/aromatic N) is 2.